The molecule has 0 unspecified atom stereocenters. The molecule has 5 rings (SSSR count). The van der Waals surface area contributed by atoms with Crippen molar-refractivity contribution in [1.29, 1.82) is 0 Å². The maximum Gasteiger partial charge on any atom is 0.271 e. The summed E-state index contributed by atoms with van der Waals surface area (Å²) in [5, 5.41) is 7.75. The van der Waals surface area contributed by atoms with Gasteiger partial charge in [0.1, 0.15) is 17.0 Å². The van der Waals surface area contributed by atoms with Crippen LogP contribution in [-0.2, 0) is 6.54 Å². The van der Waals surface area contributed by atoms with E-state index in [1.165, 1.54) is 6.20 Å². The summed E-state index contributed by atoms with van der Waals surface area (Å²) in [7, 11) is 0. The van der Waals surface area contributed by atoms with Crippen LogP contribution in [0, 0.1) is 0 Å². The third kappa shape index (κ3) is 2.99. The Kier molecular flexibility index (Phi) is 3.83. The van der Waals surface area contributed by atoms with Gasteiger partial charge in [-0.05, 0) is 24.3 Å². The summed E-state index contributed by atoms with van der Waals surface area (Å²) in [5.74, 6) is 0.768. The summed E-state index contributed by atoms with van der Waals surface area (Å²) in [6.07, 6.45) is 1.46. The largest absolute Gasteiger partial charge is 0.453 e. The Bertz CT molecular complexity index is 1270. The number of para-hydroxylation sites is 3. The van der Waals surface area contributed by atoms with Crippen molar-refractivity contribution in [3.63, 3.8) is 0 Å². The summed E-state index contributed by atoms with van der Waals surface area (Å²) >= 11 is 0. The van der Waals surface area contributed by atoms with Crippen molar-refractivity contribution in [2.45, 2.75) is 6.54 Å². The first-order valence-corrected chi connectivity index (χ1v) is 8.71. The number of nitrogens with one attached hydrogen (secondary N) is 1. The minimum Gasteiger partial charge on any atom is -0.453 e. The number of carbonyl (C=O) groups excluding carboxylic acids is 1. The SMILES string of the molecule is O=C(NCc1cc(-c2cc3ccccc3o2)on1)c1cnc2ccccc2n1. The molecule has 7 nitrogen and oxygen atoms in total. The number of aromatic nitrogens is 3. The van der Waals surface area contributed by atoms with Crippen LogP contribution in [0.15, 0.2) is 75.8 Å². The fraction of sp³-hybridized carbons (Fsp3) is 0.0476. The molecule has 28 heavy (non-hydrogen) atoms. The minimum absolute atomic E-state index is 0.205. The highest BCUT2D eigenvalue weighted by Gasteiger charge is 2.14. The van der Waals surface area contributed by atoms with Gasteiger partial charge in [-0.2, -0.15) is 0 Å². The molecule has 7 heteroatoms. The molecule has 3 heterocycles. The predicted octanol–water partition coefficient (Wildman–Crippen LogP) is 3.96. The summed E-state index contributed by atoms with van der Waals surface area (Å²) in [5.41, 5.74) is 3.02. The third-order valence-corrected chi connectivity index (χ3v) is 4.34. The number of hydrogen-bond donors (Lipinski definition) is 1. The molecule has 0 radical (unpaired) electrons. The number of nitrogens with zero attached hydrogens (tertiary/aromatic N) is 3. The topological polar surface area (TPSA) is 94.1 Å². The second-order valence-corrected chi connectivity index (χ2v) is 6.26. The maximum atomic E-state index is 12.4. The van der Waals surface area contributed by atoms with E-state index >= 15 is 0 Å². The fourth-order valence-corrected chi connectivity index (χ4v) is 2.94. The van der Waals surface area contributed by atoms with Crippen molar-refractivity contribution in [3.8, 4) is 11.5 Å². The predicted molar refractivity (Wildman–Crippen MR) is 102 cm³/mol. The van der Waals surface area contributed by atoms with Crippen molar-refractivity contribution in [3.05, 3.63) is 78.2 Å². The first-order chi connectivity index (χ1) is 13.8. The Hall–Kier alpha value is -4.00. The van der Waals surface area contributed by atoms with E-state index in [4.69, 9.17) is 8.94 Å². The van der Waals surface area contributed by atoms with Crippen molar-refractivity contribution < 1.29 is 13.7 Å². The van der Waals surface area contributed by atoms with Gasteiger partial charge in [-0.1, -0.05) is 35.5 Å². The molecule has 5 aromatic rings. The Labute approximate surface area is 159 Å². The molecule has 3 aromatic heterocycles. The summed E-state index contributed by atoms with van der Waals surface area (Å²) in [6.45, 7) is 0.205. The Morgan fingerprint density at radius 3 is 2.68 bits per heavy atom. The molecule has 0 aliphatic carbocycles. The lowest BCUT2D eigenvalue weighted by molar-refractivity contribution is 0.0945. The zero-order valence-electron chi connectivity index (χ0n) is 14.6. The number of carbonyl (C=O) groups is 1. The lowest BCUT2D eigenvalue weighted by Crippen LogP contribution is -2.24. The molecular formula is C21H14N4O3. The van der Waals surface area contributed by atoms with Crippen LogP contribution in [0.1, 0.15) is 16.2 Å². The molecular weight excluding hydrogens is 356 g/mol. The molecule has 0 saturated carbocycles. The van der Waals surface area contributed by atoms with Crippen molar-refractivity contribution >= 4 is 27.9 Å². The molecule has 136 valence electrons. The van der Waals surface area contributed by atoms with Gasteiger partial charge in [0.05, 0.1) is 23.8 Å². The Morgan fingerprint density at radius 2 is 1.79 bits per heavy atom. The van der Waals surface area contributed by atoms with Crippen molar-refractivity contribution in [2.24, 2.45) is 0 Å². The molecule has 0 aliphatic heterocycles. The lowest BCUT2D eigenvalue weighted by Gasteiger charge is -2.03. The molecule has 0 atom stereocenters. The standard InChI is InChI=1S/C21H14N4O3/c26-21(17-12-22-15-6-2-3-7-16(15)24-17)23-11-14-10-20(28-25-14)19-9-13-5-1-4-8-18(13)27-19/h1-10,12H,11H2,(H,23,26). The van der Waals surface area contributed by atoms with Crippen LogP contribution in [0.5, 0.6) is 0 Å². The number of amides is 1. The van der Waals surface area contributed by atoms with Gasteiger partial charge >= 0.3 is 0 Å². The first kappa shape index (κ1) is 16.2. The van der Waals surface area contributed by atoms with E-state index in [1.807, 2.05) is 54.6 Å². The Balaban J connectivity index is 1.30. The van der Waals surface area contributed by atoms with Crippen LogP contribution in [0.25, 0.3) is 33.5 Å². The van der Waals surface area contributed by atoms with E-state index in [-0.39, 0.29) is 18.1 Å². The fourth-order valence-electron chi connectivity index (χ4n) is 2.94. The summed E-state index contributed by atoms with van der Waals surface area (Å²) < 4.78 is 11.1. The highest BCUT2D eigenvalue weighted by molar-refractivity contribution is 5.93. The zero-order valence-corrected chi connectivity index (χ0v) is 14.6. The quantitative estimate of drug-likeness (QED) is 0.515. The monoisotopic (exact) mass is 370 g/mol. The molecule has 0 spiro atoms. The molecule has 1 amide bonds. The van der Waals surface area contributed by atoms with Crippen molar-refractivity contribution in [1.82, 2.24) is 20.4 Å². The van der Waals surface area contributed by atoms with Crippen LogP contribution < -0.4 is 5.32 Å². The number of benzene rings is 2. The van der Waals surface area contributed by atoms with E-state index in [2.05, 4.69) is 20.4 Å². The van der Waals surface area contributed by atoms with E-state index in [0.717, 1.165) is 16.5 Å². The van der Waals surface area contributed by atoms with Crippen LogP contribution in [0.4, 0.5) is 0 Å². The highest BCUT2D eigenvalue weighted by Crippen LogP contribution is 2.28. The Morgan fingerprint density at radius 1 is 0.964 bits per heavy atom. The van der Waals surface area contributed by atoms with E-state index < -0.39 is 0 Å². The molecule has 0 fully saturated rings. The first-order valence-electron chi connectivity index (χ1n) is 8.71. The van der Waals surface area contributed by atoms with E-state index in [1.54, 1.807) is 6.07 Å². The van der Waals surface area contributed by atoms with Gasteiger partial charge < -0.3 is 14.3 Å². The number of furan rings is 1. The van der Waals surface area contributed by atoms with Gasteiger partial charge in [-0.3, -0.25) is 9.78 Å². The summed E-state index contributed by atoms with van der Waals surface area (Å²) in [4.78, 5) is 20.9. The molecule has 2 aromatic carbocycles. The van der Waals surface area contributed by atoms with Gasteiger partial charge in [0.25, 0.3) is 5.91 Å². The molecule has 0 bridgehead atoms. The van der Waals surface area contributed by atoms with Crippen LogP contribution in [0.2, 0.25) is 0 Å². The van der Waals surface area contributed by atoms with Gasteiger partial charge in [0.2, 0.25) is 5.76 Å². The number of hydrogen-bond acceptors (Lipinski definition) is 6. The smallest absolute Gasteiger partial charge is 0.271 e. The van der Waals surface area contributed by atoms with Crippen LogP contribution in [0.3, 0.4) is 0 Å². The summed E-state index contributed by atoms with van der Waals surface area (Å²) in [6, 6.07) is 18.7. The van der Waals surface area contributed by atoms with Crippen LogP contribution in [-0.4, -0.2) is 21.0 Å². The number of rotatable bonds is 4. The maximum absolute atomic E-state index is 12.4. The lowest BCUT2D eigenvalue weighted by atomic mass is 10.2. The molecule has 1 N–H and O–H groups in total. The molecule has 0 aliphatic rings. The average molecular weight is 370 g/mol. The second kappa shape index (κ2) is 6.62. The van der Waals surface area contributed by atoms with Crippen molar-refractivity contribution in [2.75, 3.05) is 0 Å². The second-order valence-electron chi connectivity index (χ2n) is 6.26. The third-order valence-electron chi connectivity index (χ3n) is 4.34. The van der Waals surface area contributed by atoms with Crippen LogP contribution >= 0.6 is 0 Å². The minimum atomic E-state index is -0.327. The van der Waals surface area contributed by atoms with E-state index in [9.17, 15) is 4.79 Å². The van der Waals surface area contributed by atoms with Gasteiger partial charge in [0, 0.05) is 11.5 Å². The van der Waals surface area contributed by atoms with E-state index in [0.29, 0.717) is 22.7 Å². The average Bonchev–Trinajstić information content (AvgIpc) is 3.38. The van der Waals surface area contributed by atoms with Gasteiger partial charge in [-0.25, -0.2) is 4.98 Å². The van der Waals surface area contributed by atoms with Gasteiger partial charge in [-0.15, -0.1) is 0 Å². The normalized spacial score (nSPS) is 11.1. The molecule has 0 saturated heterocycles. The zero-order chi connectivity index (χ0) is 18.9. The highest BCUT2D eigenvalue weighted by atomic mass is 16.5. The van der Waals surface area contributed by atoms with Gasteiger partial charge in [0.15, 0.2) is 5.76 Å². The number of fused-ring (bicyclic) bond motifs is 2.